The molecule has 0 unspecified atom stereocenters. The van der Waals surface area contributed by atoms with Crippen LogP contribution in [0.2, 0.25) is 0 Å². The summed E-state index contributed by atoms with van der Waals surface area (Å²) in [5, 5.41) is 0. The molecule has 0 amide bonds. The summed E-state index contributed by atoms with van der Waals surface area (Å²) in [7, 11) is 0. The molecule has 0 atom stereocenters. The lowest BCUT2D eigenvalue weighted by Gasteiger charge is -2.32. The minimum atomic E-state index is 0.500. The van der Waals surface area contributed by atoms with Gasteiger partial charge in [0.05, 0.1) is 11.0 Å². The maximum atomic E-state index is 6.12. The Balaban J connectivity index is 1.83. The first-order valence-electron chi connectivity index (χ1n) is 7.24. The third-order valence-corrected chi connectivity index (χ3v) is 4.09. The summed E-state index contributed by atoms with van der Waals surface area (Å²) < 4.78 is 2.23. The molecule has 1 aliphatic rings. The maximum absolute atomic E-state index is 6.12. The molecule has 1 saturated heterocycles. The Labute approximate surface area is 114 Å². The first-order valence-corrected chi connectivity index (χ1v) is 7.24. The highest BCUT2D eigenvalue weighted by molar-refractivity contribution is 5.78. The lowest BCUT2D eigenvalue weighted by molar-refractivity contribution is 0.189. The highest BCUT2D eigenvalue weighted by Crippen LogP contribution is 2.29. The summed E-state index contributed by atoms with van der Waals surface area (Å²) in [5.41, 5.74) is 8.30. The van der Waals surface area contributed by atoms with Gasteiger partial charge in [0.15, 0.2) is 0 Å². The van der Waals surface area contributed by atoms with Crippen LogP contribution in [0.1, 0.15) is 32.2 Å². The van der Waals surface area contributed by atoms with Gasteiger partial charge in [0.25, 0.3) is 0 Å². The zero-order valence-corrected chi connectivity index (χ0v) is 11.5. The maximum Gasteiger partial charge on any atom is 0.201 e. The van der Waals surface area contributed by atoms with Crippen molar-refractivity contribution in [2.75, 3.05) is 25.4 Å². The number of likely N-dealkylation sites (tertiary alicyclic amines) is 1. The Kier molecular flexibility index (Phi) is 3.42. The second-order valence-corrected chi connectivity index (χ2v) is 5.40. The quantitative estimate of drug-likeness (QED) is 0.920. The third kappa shape index (κ3) is 2.32. The summed E-state index contributed by atoms with van der Waals surface area (Å²) in [4.78, 5) is 7.02. The summed E-state index contributed by atoms with van der Waals surface area (Å²) in [6, 6.07) is 8.74. The zero-order valence-electron chi connectivity index (χ0n) is 11.5. The molecule has 0 aliphatic carbocycles. The van der Waals surface area contributed by atoms with E-state index in [-0.39, 0.29) is 0 Å². The standard InChI is InChI=1S/C15H22N4/c1-2-9-18-10-7-12(8-11-18)19-14-6-4-3-5-13(14)17-15(19)16/h3-6,12H,2,7-11H2,1H3,(H2,16,17). The van der Waals surface area contributed by atoms with Crippen molar-refractivity contribution in [2.45, 2.75) is 32.2 Å². The molecule has 102 valence electrons. The van der Waals surface area contributed by atoms with Crippen molar-refractivity contribution >= 4 is 17.0 Å². The van der Waals surface area contributed by atoms with E-state index in [4.69, 9.17) is 5.73 Å². The number of rotatable bonds is 3. The fourth-order valence-corrected chi connectivity index (χ4v) is 3.16. The van der Waals surface area contributed by atoms with E-state index in [1.165, 1.54) is 44.4 Å². The van der Waals surface area contributed by atoms with Gasteiger partial charge >= 0.3 is 0 Å². The minimum absolute atomic E-state index is 0.500. The van der Waals surface area contributed by atoms with Crippen molar-refractivity contribution < 1.29 is 0 Å². The average molecular weight is 258 g/mol. The molecule has 4 heteroatoms. The highest BCUT2D eigenvalue weighted by Gasteiger charge is 2.23. The van der Waals surface area contributed by atoms with E-state index in [0.29, 0.717) is 12.0 Å². The van der Waals surface area contributed by atoms with E-state index in [9.17, 15) is 0 Å². The number of hydrogen-bond donors (Lipinski definition) is 1. The van der Waals surface area contributed by atoms with E-state index >= 15 is 0 Å². The van der Waals surface area contributed by atoms with Gasteiger partial charge in [0.2, 0.25) is 5.95 Å². The number of nitrogens with zero attached hydrogens (tertiary/aromatic N) is 3. The van der Waals surface area contributed by atoms with E-state index in [2.05, 4.69) is 33.5 Å². The lowest BCUT2D eigenvalue weighted by Crippen LogP contribution is -2.35. The molecule has 1 aliphatic heterocycles. The fraction of sp³-hybridized carbons (Fsp3) is 0.533. The van der Waals surface area contributed by atoms with Crippen molar-refractivity contribution in [3.63, 3.8) is 0 Å². The van der Waals surface area contributed by atoms with Gasteiger partial charge in [0.1, 0.15) is 0 Å². The first kappa shape index (κ1) is 12.5. The molecule has 2 N–H and O–H groups in total. The van der Waals surface area contributed by atoms with Gasteiger partial charge in [-0.15, -0.1) is 0 Å². The number of para-hydroxylation sites is 2. The topological polar surface area (TPSA) is 47.1 Å². The Bertz CT molecular complexity index is 552. The highest BCUT2D eigenvalue weighted by atomic mass is 15.2. The van der Waals surface area contributed by atoms with Crippen LogP contribution in [0.15, 0.2) is 24.3 Å². The van der Waals surface area contributed by atoms with E-state index in [1.54, 1.807) is 0 Å². The monoisotopic (exact) mass is 258 g/mol. The van der Waals surface area contributed by atoms with Crippen LogP contribution in [0.3, 0.4) is 0 Å². The Morgan fingerprint density at radius 2 is 2.00 bits per heavy atom. The summed E-state index contributed by atoms with van der Waals surface area (Å²) in [6.07, 6.45) is 3.58. The number of aromatic nitrogens is 2. The summed E-state index contributed by atoms with van der Waals surface area (Å²) in [6.45, 7) is 5.80. The number of imidazole rings is 1. The molecule has 0 radical (unpaired) electrons. The lowest BCUT2D eigenvalue weighted by atomic mass is 10.0. The second-order valence-electron chi connectivity index (χ2n) is 5.40. The Morgan fingerprint density at radius 3 is 2.74 bits per heavy atom. The van der Waals surface area contributed by atoms with E-state index in [1.807, 2.05) is 12.1 Å². The van der Waals surface area contributed by atoms with Crippen LogP contribution < -0.4 is 5.73 Å². The number of nitrogens with two attached hydrogens (primary N) is 1. The largest absolute Gasteiger partial charge is 0.369 e. The molecule has 0 saturated carbocycles. The van der Waals surface area contributed by atoms with Gasteiger partial charge in [-0.2, -0.15) is 0 Å². The average Bonchev–Trinajstić information content (AvgIpc) is 2.76. The van der Waals surface area contributed by atoms with Gasteiger partial charge < -0.3 is 15.2 Å². The van der Waals surface area contributed by atoms with Gasteiger partial charge in [-0.1, -0.05) is 19.1 Å². The van der Waals surface area contributed by atoms with Crippen molar-refractivity contribution in [3.8, 4) is 0 Å². The normalized spacial score (nSPS) is 18.2. The van der Waals surface area contributed by atoms with Crippen LogP contribution in [0, 0.1) is 0 Å². The number of fused-ring (bicyclic) bond motifs is 1. The van der Waals surface area contributed by atoms with Gasteiger partial charge in [0, 0.05) is 19.1 Å². The molecule has 0 bridgehead atoms. The van der Waals surface area contributed by atoms with Gasteiger partial charge in [-0.25, -0.2) is 4.98 Å². The van der Waals surface area contributed by atoms with Crippen LogP contribution in [0.4, 0.5) is 5.95 Å². The van der Waals surface area contributed by atoms with Crippen LogP contribution in [-0.2, 0) is 0 Å². The number of hydrogen-bond acceptors (Lipinski definition) is 3. The third-order valence-electron chi connectivity index (χ3n) is 4.09. The van der Waals surface area contributed by atoms with Crippen LogP contribution in [0.25, 0.3) is 11.0 Å². The predicted octanol–water partition coefficient (Wildman–Crippen LogP) is 2.67. The van der Waals surface area contributed by atoms with Crippen molar-refractivity contribution in [1.82, 2.24) is 14.5 Å². The van der Waals surface area contributed by atoms with Gasteiger partial charge in [-0.3, -0.25) is 0 Å². The van der Waals surface area contributed by atoms with E-state index < -0.39 is 0 Å². The van der Waals surface area contributed by atoms with Crippen molar-refractivity contribution in [3.05, 3.63) is 24.3 Å². The summed E-state index contributed by atoms with van der Waals surface area (Å²) >= 11 is 0. The molecule has 0 spiro atoms. The van der Waals surface area contributed by atoms with Crippen LogP contribution in [0.5, 0.6) is 0 Å². The van der Waals surface area contributed by atoms with Crippen molar-refractivity contribution in [1.29, 1.82) is 0 Å². The molecule has 1 aromatic heterocycles. The molecule has 4 nitrogen and oxygen atoms in total. The van der Waals surface area contributed by atoms with Crippen molar-refractivity contribution in [2.24, 2.45) is 0 Å². The number of benzene rings is 1. The number of piperidine rings is 1. The molecule has 2 heterocycles. The molecule has 1 fully saturated rings. The van der Waals surface area contributed by atoms with Crippen LogP contribution in [-0.4, -0.2) is 34.1 Å². The second kappa shape index (κ2) is 5.21. The fourth-order valence-electron chi connectivity index (χ4n) is 3.16. The number of nitrogen functional groups attached to an aromatic ring is 1. The Hall–Kier alpha value is -1.55. The number of anilines is 1. The zero-order chi connectivity index (χ0) is 13.2. The molecule has 19 heavy (non-hydrogen) atoms. The SMILES string of the molecule is CCCN1CCC(n2c(N)nc3ccccc32)CC1. The molecule has 2 aromatic rings. The molecular formula is C15H22N4. The van der Waals surface area contributed by atoms with Crippen LogP contribution >= 0.6 is 0 Å². The van der Waals surface area contributed by atoms with E-state index in [0.717, 1.165) is 5.52 Å². The van der Waals surface area contributed by atoms with Gasteiger partial charge in [-0.05, 0) is 37.9 Å². The minimum Gasteiger partial charge on any atom is -0.369 e. The Morgan fingerprint density at radius 1 is 1.26 bits per heavy atom. The smallest absolute Gasteiger partial charge is 0.201 e. The molecule has 1 aromatic carbocycles. The predicted molar refractivity (Wildman–Crippen MR) is 79.1 cm³/mol. The molecule has 3 rings (SSSR count). The summed E-state index contributed by atoms with van der Waals surface area (Å²) in [5.74, 6) is 0.662. The molecular weight excluding hydrogens is 236 g/mol. The first-order chi connectivity index (χ1) is 9.29.